The maximum atomic E-state index is 12.8. The van der Waals surface area contributed by atoms with Crippen LogP contribution in [-0.2, 0) is 21.2 Å². The molecular weight excluding hydrogens is 452 g/mol. The van der Waals surface area contributed by atoms with Crippen molar-refractivity contribution in [2.45, 2.75) is 17.7 Å². The summed E-state index contributed by atoms with van der Waals surface area (Å²) >= 11 is 9.47. The number of halogens is 2. The zero-order valence-corrected chi connectivity index (χ0v) is 17.8. The van der Waals surface area contributed by atoms with Crippen molar-refractivity contribution in [2.24, 2.45) is 0 Å². The van der Waals surface area contributed by atoms with Crippen LogP contribution in [0.3, 0.4) is 0 Å². The fourth-order valence-corrected chi connectivity index (χ4v) is 5.43. The summed E-state index contributed by atoms with van der Waals surface area (Å²) in [6.07, 6.45) is 1.07. The molecule has 144 valence electrons. The van der Waals surface area contributed by atoms with E-state index in [0.29, 0.717) is 25.9 Å². The SMILES string of the molecule is O=C(CCc1cccc(Br)c1)N1CCN(S(=O)(=O)c2ccccc2Cl)CC1. The number of nitrogens with zero attached hydrogens (tertiary/aromatic N) is 2. The molecule has 0 aromatic heterocycles. The fraction of sp³-hybridized carbons (Fsp3) is 0.316. The molecule has 0 N–H and O–H groups in total. The summed E-state index contributed by atoms with van der Waals surface area (Å²) in [6, 6.07) is 14.3. The van der Waals surface area contributed by atoms with E-state index in [2.05, 4.69) is 15.9 Å². The van der Waals surface area contributed by atoms with Crippen molar-refractivity contribution in [1.29, 1.82) is 0 Å². The van der Waals surface area contributed by atoms with Crippen LogP contribution in [0, 0.1) is 0 Å². The number of sulfonamides is 1. The predicted molar refractivity (Wildman–Crippen MR) is 109 cm³/mol. The summed E-state index contributed by atoms with van der Waals surface area (Å²) in [7, 11) is -3.64. The maximum absolute atomic E-state index is 12.8. The lowest BCUT2D eigenvalue weighted by Gasteiger charge is -2.34. The summed E-state index contributed by atoms with van der Waals surface area (Å²) in [6.45, 7) is 1.33. The van der Waals surface area contributed by atoms with Gasteiger partial charge in [0.15, 0.2) is 0 Å². The Hall–Kier alpha value is -1.41. The number of carbonyl (C=O) groups is 1. The average molecular weight is 472 g/mol. The molecule has 0 saturated carbocycles. The molecule has 1 heterocycles. The molecule has 27 heavy (non-hydrogen) atoms. The van der Waals surface area contributed by atoms with Gasteiger partial charge in [0.1, 0.15) is 4.90 Å². The van der Waals surface area contributed by atoms with Crippen molar-refractivity contribution in [3.8, 4) is 0 Å². The van der Waals surface area contributed by atoms with E-state index in [0.717, 1.165) is 10.0 Å². The van der Waals surface area contributed by atoms with E-state index in [1.807, 2.05) is 24.3 Å². The van der Waals surface area contributed by atoms with E-state index in [1.165, 1.54) is 10.4 Å². The second kappa shape index (κ2) is 8.73. The lowest BCUT2D eigenvalue weighted by Crippen LogP contribution is -2.50. The van der Waals surface area contributed by atoms with Gasteiger partial charge in [0.05, 0.1) is 5.02 Å². The summed E-state index contributed by atoms with van der Waals surface area (Å²) in [4.78, 5) is 14.3. The van der Waals surface area contributed by atoms with E-state index in [4.69, 9.17) is 11.6 Å². The number of hydrogen-bond acceptors (Lipinski definition) is 3. The first kappa shape index (κ1) is 20.3. The zero-order chi connectivity index (χ0) is 19.4. The number of aryl methyl sites for hydroxylation is 1. The molecule has 0 radical (unpaired) electrons. The molecule has 2 aromatic carbocycles. The average Bonchev–Trinajstić information content (AvgIpc) is 2.66. The molecule has 2 aromatic rings. The minimum Gasteiger partial charge on any atom is -0.340 e. The highest BCUT2D eigenvalue weighted by Crippen LogP contribution is 2.25. The molecule has 0 unspecified atom stereocenters. The number of carbonyl (C=O) groups excluding carboxylic acids is 1. The number of benzene rings is 2. The second-order valence-electron chi connectivity index (χ2n) is 6.35. The first-order valence-electron chi connectivity index (χ1n) is 8.65. The maximum Gasteiger partial charge on any atom is 0.244 e. The van der Waals surface area contributed by atoms with Gasteiger partial charge in [0.2, 0.25) is 15.9 Å². The summed E-state index contributed by atoms with van der Waals surface area (Å²) in [5, 5.41) is 0.213. The van der Waals surface area contributed by atoms with Gasteiger partial charge < -0.3 is 4.90 Å². The standard InChI is InChI=1S/C19H20BrClN2O3S/c20-16-5-3-4-15(14-16)8-9-19(24)22-10-12-23(13-11-22)27(25,26)18-7-2-1-6-17(18)21/h1-7,14H,8-13H2. The molecular formula is C19H20BrClN2O3S. The van der Waals surface area contributed by atoms with E-state index < -0.39 is 10.0 Å². The Balaban J connectivity index is 1.57. The fourth-order valence-electron chi connectivity index (χ4n) is 3.07. The van der Waals surface area contributed by atoms with Crippen molar-refractivity contribution in [1.82, 2.24) is 9.21 Å². The van der Waals surface area contributed by atoms with Crippen molar-refractivity contribution in [3.63, 3.8) is 0 Å². The molecule has 0 bridgehead atoms. The Bertz CT molecular complexity index is 928. The highest BCUT2D eigenvalue weighted by atomic mass is 79.9. The third-order valence-corrected chi connectivity index (χ3v) is 7.45. The van der Waals surface area contributed by atoms with Gasteiger partial charge in [-0.25, -0.2) is 8.42 Å². The van der Waals surface area contributed by atoms with Gasteiger partial charge in [-0.15, -0.1) is 0 Å². The quantitative estimate of drug-likeness (QED) is 0.670. The molecule has 1 fully saturated rings. The van der Waals surface area contributed by atoms with Crippen molar-refractivity contribution < 1.29 is 13.2 Å². The topological polar surface area (TPSA) is 57.7 Å². The molecule has 1 aliphatic heterocycles. The van der Waals surface area contributed by atoms with E-state index in [9.17, 15) is 13.2 Å². The van der Waals surface area contributed by atoms with Crippen LogP contribution in [-0.4, -0.2) is 49.7 Å². The van der Waals surface area contributed by atoms with Crippen molar-refractivity contribution in [3.05, 3.63) is 63.6 Å². The van der Waals surface area contributed by atoms with E-state index in [-0.39, 0.29) is 28.9 Å². The second-order valence-corrected chi connectivity index (χ2v) is 9.57. The van der Waals surface area contributed by atoms with E-state index >= 15 is 0 Å². The lowest BCUT2D eigenvalue weighted by molar-refractivity contribution is -0.132. The highest BCUT2D eigenvalue weighted by molar-refractivity contribution is 9.10. The monoisotopic (exact) mass is 470 g/mol. The van der Waals surface area contributed by atoms with Gasteiger partial charge in [0.25, 0.3) is 0 Å². The van der Waals surface area contributed by atoms with Gasteiger partial charge in [0, 0.05) is 37.1 Å². The number of hydrogen-bond donors (Lipinski definition) is 0. The predicted octanol–water partition coefficient (Wildman–Crippen LogP) is 3.57. The lowest BCUT2D eigenvalue weighted by atomic mass is 10.1. The number of piperazine rings is 1. The summed E-state index contributed by atoms with van der Waals surface area (Å²) < 4.78 is 27.9. The molecule has 1 aliphatic rings. The molecule has 0 atom stereocenters. The minimum absolute atomic E-state index is 0.0461. The largest absolute Gasteiger partial charge is 0.340 e. The summed E-state index contributed by atoms with van der Waals surface area (Å²) in [5.41, 5.74) is 1.10. The third kappa shape index (κ3) is 4.90. The third-order valence-electron chi connectivity index (χ3n) is 4.56. The highest BCUT2D eigenvalue weighted by Gasteiger charge is 2.31. The van der Waals surface area contributed by atoms with Gasteiger partial charge >= 0.3 is 0 Å². The Morgan fingerprint density at radius 3 is 2.41 bits per heavy atom. The van der Waals surface area contributed by atoms with Gasteiger partial charge in [-0.2, -0.15) is 4.31 Å². The molecule has 5 nitrogen and oxygen atoms in total. The molecule has 0 aliphatic carbocycles. The van der Waals surface area contributed by atoms with Gasteiger partial charge in [-0.05, 0) is 36.2 Å². The first-order valence-corrected chi connectivity index (χ1v) is 11.3. The molecule has 1 amide bonds. The van der Waals surface area contributed by atoms with Crippen LogP contribution >= 0.6 is 27.5 Å². The molecule has 8 heteroatoms. The van der Waals surface area contributed by atoms with Crippen LogP contribution in [0.4, 0.5) is 0 Å². The Labute approximate surface area is 173 Å². The van der Waals surface area contributed by atoms with E-state index in [1.54, 1.807) is 23.1 Å². The van der Waals surface area contributed by atoms with Crippen LogP contribution < -0.4 is 0 Å². The number of rotatable bonds is 5. The minimum atomic E-state index is -3.64. The zero-order valence-electron chi connectivity index (χ0n) is 14.6. The van der Waals surface area contributed by atoms with Crippen LogP contribution in [0.15, 0.2) is 57.9 Å². The Morgan fingerprint density at radius 1 is 1.04 bits per heavy atom. The molecule has 0 spiro atoms. The molecule has 3 rings (SSSR count). The van der Waals surface area contributed by atoms with Gasteiger partial charge in [-0.3, -0.25) is 4.79 Å². The summed E-state index contributed by atoms with van der Waals surface area (Å²) in [5.74, 6) is 0.0461. The Morgan fingerprint density at radius 2 is 1.74 bits per heavy atom. The van der Waals surface area contributed by atoms with Gasteiger partial charge in [-0.1, -0.05) is 51.8 Å². The van der Waals surface area contributed by atoms with Crippen molar-refractivity contribution in [2.75, 3.05) is 26.2 Å². The van der Waals surface area contributed by atoms with Crippen LogP contribution in [0.2, 0.25) is 5.02 Å². The first-order chi connectivity index (χ1) is 12.9. The number of amides is 1. The van der Waals surface area contributed by atoms with Crippen LogP contribution in [0.1, 0.15) is 12.0 Å². The van der Waals surface area contributed by atoms with Crippen LogP contribution in [0.25, 0.3) is 0 Å². The Kier molecular flexibility index (Phi) is 6.57. The smallest absolute Gasteiger partial charge is 0.244 e. The van der Waals surface area contributed by atoms with Crippen molar-refractivity contribution >= 4 is 43.5 Å². The van der Waals surface area contributed by atoms with Crippen LogP contribution in [0.5, 0.6) is 0 Å². The normalized spacial score (nSPS) is 15.7. The molecule has 1 saturated heterocycles.